The number of piperidine rings is 2. The quantitative estimate of drug-likeness (QED) is 0.667. The van der Waals surface area contributed by atoms with E-state index in [9.17, 15) is 4.79 Å². The minimum Gasteiger partial charge on any atom is -0.444 e. The van der Waals surface area contributed by atoms with Crippen LogP contribution in [0.15, 0.2) is 24.4 Å². The summed E-state index contributed by atoms with van der Waals surface area (Å²) in [5, 5.41) is 5.61. The largest absolute Gasteiger partial charge is 0.444 e. The first-order valence-corrected chi connectivity index (χ1v) is 12.4. The molecule has 0 unspecified atom stereocenters. The number of aromatic nitrogens is 2. The standard InChI is InChI=1S/C26H38N4O2/c1-25(2,3)32-24(31)30-13-9-26(10-14-30)16-22(17-26)29-11-7-19(8-12-29)20-5-6-21-18-27-28(4)23(21)15-20/h5-6,15,18-19,22H,7-14,16-17H2,1-4H3. The number of aryl methyl sites for hydroxylation is 1. The first-order valence-electron chi connectivity index (χ1n) is 12.4. The van der Waals surface area contributed by atoms with E-state index in [4.69, 9.17) is 4.74 Å². The highest BCUT2D eigenvalue weighted by molar-refractivity contribution is 5.79. The fraction of sp³-hybridized carbons (Fsp3) is 0.692. The Kier molecular flexibility index (Phi) is 5.47. The summed E-state index contributed by atoms with van der Waals surface area (Å²) < 4.78 is 7.54. The van der Waals surface area contributed by atoms with Crippen LogP contribution < -0.4 is 0 Å². The van der Waals surface area contributed by atoms with Gasteiger partial charge < -0.3 is 14.5 Å². The Morgan fingerprint density at radius 3 is 2.44 bits per heavy atom. The summed E-state index contributed by atoms with van der Waals surface area (Å²) in [6.07, 6.45) is 9.18. The number of hydrogen-bond acceptors (Lipinski definition) is 4. The molecule has 6 nitrogen and oxygen atoms in total. The van der Waals surface area contributed by atoms with Crippen molar-refractivity contribution in [3.8, 4) is 0 Å². The summed E-state index contributed by atoms with van der Waals surface area (Å²) in [5.41, 5.74) is 2.76. The summed E-state index contributed by atoms with van der Waals surface area (Å²) in [6, 6.07) is 7.62. The van der Waals surface area contributed by atoms with Gasteiger partial charge in [0.2, 0.25) is 0 Å². The molecule has 1 saturated carbocycles. The van der Waals surface area contributed by atoms with E-state index in [1.807, 2.05) is 43.6 Å². The van der Waals surface area contributed by atoms with Gasteiger partial charge in [0.15, 0.2) is 0 Å². The Bertz CT molecular complexity index is 967. The van der Waals surface area contributed by atoms with Crippen LogP contribution in [-0.2, 0) is 11.8 Å². The Morgan fingerprint density at radius 1 is 1.09 bits per heavy atom. The van der Waals surface area contributed by atoms with Crippen molar-refractivity contribution in [1.29, 1.82) is 0 Å². The zero-order valence-electron chi connectivity index (χ0n) is 20.1. The number of fused-ring (bicyclic) bond motifs is 1. The van der Waals surface area contributed by atoms with E-state index in [1.165, 1.54) is 55.2 Å². The molecule has 2 aliphatic heterocycles. The van der Waals surface area contributed by atoms with Crippen LogP contribution in [0.3, 0.4) is 0 Å². The Labute approximate surface area is 191 Å². The van der Waals surface area contributed by atoms with Crippen molar-refractivity contribution in [3.05, 3.63) is 30.0 Å². The third kappa shape index (κ3) is 4.26. The summed E-state index contributed by atoms with van der Waals surface area (Å²) in [7, 11) is 2.03. The van der Waals surface area contributed by atoms with Crippen molar-refractivity contribution in [2.24, 2.45) is 12.5 Å². The topological polar surface area (TPSA) is 50.6 Å². The summed E-state index contributed by atoms with van der Waals surface area (Å²) in [6.45, 7) is 9.92. The van der Waals surface area contributed by atoms with E-state index in [-0.39, 0.29) is 6.09 Å². The van der Waals surface area contributed by atoms with Crippen LogP contribution in [0.2, 0.25) is 0 Å². The van der Waals surface area contributed by atoms with E-state index in [2.05, 4.69) is 28.2 Å². The highest BCUT2D eigenvalue weighted by Gasteiger charge is 2.48. The second kappa shape index (κ2) is 8.05. The molecule has 0 radical (unpaired) electrons. The SMILES string of the molecule is Cn1ncc2ccc(C3CCN(C4CC5(CCN(C(=O)OC(C)(C)C)CC5)C4)CC3)cc21. The van der Waals surface area contributed by atoms with Gasteiger partial charge >= 0.3 is 6.09 Å². The molecular formula is C26H38N4O2. The second-order valence-electron chi connectivity index (χ2n) is 11.4. The molecule has 0 bridgehead atoms. The van der Waals surface area contributed by atoms with Crippen LogP contribution in [0, 0.1) is 5.41 Å². The van der Waals surface area contributed by atoms with Gasteiger partial charge in [-0.05, 0) is 95.3 Å². The molecule has 6 heteroatoms. The molecule has 1 aromatic heterocycles. The molecule has 2 aromatic rings. The number of amides is 1. The average Bonchev–Trinajstić information content (AvgIpc) is 3.11. The average molecular weight is 439 g/mol. The molecule has 2 saturated heterocycles. The maximum absolute atomic E-state index is 12.4. The number of hydrogen-bond donors (Lipinski definition) is 0. The summed E-state index contributed by atoms with van der Waals surface area (Å²) in [5.74, 6) is 0.664. The number of carbonyl (C=O) groups excluding carboxylic acids is 1. The zero-order valence-corrected chi connectivity index (χ0v) is 20.1. The fourth-order valence-corrected chi connectivity index (χ4v) is 6.11. The van der Waals surface area contributed by atoms with Gasteiger partial charge in [-0.1, -0.05) is 12.1 Å². The predicted octanol–water partition coefficient (Wildman–Crippen LogP) is 4.93. The van der Waals surface area contributed by atoms with Crippen molar-refractivity contribution in [2.45, 2.75) is 76.9 Å². The van der Waals surface area contributed by atoms with Crippen LogP contribution in [0.25, 0.3) is 10.9 Å². The van der Waals surface area contributed by atoms with Crippen LogP contribution in [0.4, 0.5) is 4.79 Å². The van der Waals surface area contributed by atoms with Crippen molar-refractivity contribution in [1.82, 2.24) is 19.6 Å². The highest BCUT2D eigenvalue weighted by atomic mass is 16.6. The molecule has 1 amide bonds. The van der Waals surface area contributed by atoms with E-state index in [1.54, 1.807) is 0 Å². The maximum atomic E-state index is 12.4. The van der Waals surface area contributed by atoms with Crippen LogP contribution in [0.1, 0.15) is 70.8 Å². The van der Waals surface area contributed by atoms with E-state index in [0.717, 1.165) is 32.0 Å². The Balaban J connectivity index is 1.10. The van der Waals surface area contributed by atoms with Crippen molar-refractivity contribution >= 4 is 17.0 Å². The number of benzene rings is 1. The van der Waals surface area contributed by atoms with Gasteiger partial charge in [-0.25, -0.2) is 4.79 Å². The number of rotatable bonds is 2. The molecule has 3 heterocycles. The molecule has 3 fully saturated rings. The number of nitrogens with zero attached hydrogens (tertiary/aromatic N) is 4. The Hall–Kier alpha value is -2.08. The predicted molar refractivity (Wildman–Crippen MR) is 127 cm³/mol. The zero-order chi connectivity index (χ0) is 22.5. The number of likely N-dealkylation sites (tertiary alicyclic amines) is 2. The molecule has 174 valence electrons. The first-order chi connectivity index (χ1) is 15.2. The van der Waals surface area contributed by atoms with Crippen LogP contribution in [0.5, 0.6) is 0 Å². The first kappa shape index (κ1) is 21.7. The van der Waals surface area contributed by atoms with Crippen molar-refractivity contribution in [3.63, 3.8) is 0 Å². The fourth-order valence-electron chi connectivity index (χ4n) is 6.11. The summed E-state index contributed by atoms with van der Waals surface area (Å²) in [4.78, 5) is 17.0. The molecule has 32 heavy (non-hydrogen) atoms. The molecule has 0 atom stereocenters. The van der Waals surface area contributed by atoms with E-state index < -0.39 is 5.60 Å². The van der Waals surface area contributed by atoms with E-state index in [0.29, 0.717) is 11.3 Å². The smallest absolute Gasteiger partial charge is 0.410 e. The van der Waals surface area contributed by atoms with Crippen molar-refractivity contribution in [2.75, 3.05) is 26.2 Å². The number of ether oxygens (including phenoxy) is 1. The van der Waals surface area contributed by atoms with Crippen molar-refractivity contribution < 1.29 is 9.53 Å². The van der Waals surface area contributed by atoms with Gasteiger partial charge in [0.05, 0.1) is 11.7 Å². The summed E-state index contributed by atoms with van der Waals surface area (Å²) >= 11 is 0. The monoisotopic (exact) mass is 438 g/mol. The van der Waals surface area contributed by atoms with Crippen LogP contribution in [-0.4, -0.2) is 63.5 Å². The van der Waals surface area contributed by atoms with Gasteiger partial charge in [0, 0.05) is 31.6 Å². The number of carbonyl (C=O) groups is 1. The van der Waals surface area contributed by atoms with E-state index >= 15 is 0 Å². The molecule has 5 rings (SSSR count). The third-order valence-corrected chi connectivity index (χ3v) is 8.10. The van der Waals surface area contributed by atoms with Gasteiger partial charge in [0.25, 0.3) is 0 Å². The second-order valence-corrected chi connectivity index (χ2v) is 11.4. The van der Waals surface area contributed by atoms with Gasteiger partial charge in [-0.3, -0.25) is 4.68 Å². The lowest BCUT2D eigenvalue weighted by Crippen LogP contribution is -2.57. The molecule has 1 spiro atoms. The molecular weight excluding hydrogens is 400 g/mol. The normalized spacial score (nSPS) is 22.9. The maximum Gasteiger partial charge on any atom is 0.410 e. The van der Waals surface area contributed by atoms with Gasteiger partial charge in [-0.15, -0.1) is 0 Å². The minimum atomic E-state index is -0.413. The minimum absolute atomic E-state index is 0.144. The van der Waals surface area contributed by atoms with Gasteiger partial charge in [-0.2, -0.15) is 5.10 Å². The lowest BCUT2D eigenvalue weighted by molar-refractivity contribution is -0.0530. The van der Waals surface area contributed by atoms with Gasteiger partial charge in [0.1, 0.15) is 5.60 Å². The lowest BCUT2D eigenvalue weighted by Gasteiger charge is -2.56. The highest BCUT2D eigenvalue weighted by Crippen LogP contribution is 2.51. The van der Waals surface area contributed by atoms with Crippen LogP contribution >= 0.6 is 0 Å². The molecule has 1 aromatic carbocycles. The Morgan fingerprint density at radius 2 is 1.78 bits per heavy atom. The third-order valence-electron chi connectivity index (χ3n) is 8.10. The molecule has 3 aliphatic rings. The molecule has 0 N–H and O–H groups in total. The lowest BCUT2D eigenvalue weighted by atomic mass is 9.59. The molecule has 1 aliphatic carbocycles.